The Labute approximate surface area is 150 Å². The van der Waals surface area contributed by atoms with Crippen molar-refractivity contribution in [2.45, 2.75) is 32.2 Å². The molecule has 25 heavy (non-hydrogen) atoms. The lowest BCUT2D eigenvalue weighted by molar-refractivity contribution is -0.119. The first-order chi connectivity index (χ1) is 12.0. The maximum absolute atomic E-state index is 13.3. The van der Waals surface area contributed by atoms with E-state index in [1.807, 2.05) is 13.0 Å². The SMILES string of the molecule is Cc1nc(NC(=O)C(N)C2CCOCC2)sc1Cc1cccc(F)c1. The van der Waals surface area contributed by atoms with Crippen LogP contribution in [-0.4, -0.2) is 30.1 Å². The van der Waals surface area contributed by atoms with Gasteiger partial charge in [-0.05, 0) is 43.4 Å². The molecule has 1 saturated heterocycles. The molecule has 0 spiro atoms. The van der Waals surface area contributed by atoms with E-state index in [1.54, 1.807) is 6.07 Å². The van der Waals surface area contributed by atoms with Gasteiger partial charge < -0.3 is 15.8 Å². The summed E-state index contributed by atoms with van der Waals surface area (Å²) in [7, 11) is 0. The molecule has 5 nitrogen and oxygen atoms in total. The third-order valence-electron chi connectivity index (χ3n) is 4.45. The number of nitrogens with two attached hydrogens (primary N) is 1. The van der Waals surface area contributed by atoms with Crippen molar-refractivity contribution in [1.29, 1.82) is 0 Å². The first-order valence-electron chi connectivity index (χ1n) is 8.38. The van der Waals surface area contributed by atoms with E-state index in [1.165, 1.54) is 23.5 Å². The maximum atomic E-state index is 13.3. The van der Waals surface area contributed by atoms with E-state index in [9.17, 15) is 9.18 Å². The molecule has 1 unspecified atom stereocenters. The van der Waals surface area contributed by atoms with Crippen LogP contribution in [0.5, 0.6) is 0 Å². The Morgan fingerprint density at radius 2 is 2.24 bits per heavy atom. The molecule has 0 saturated carbocycles. The van der Waals surface area contributed by atoms with Crippen LogP contribution in [0.2, 0.25) is 0 Å². The van der Waals surface area contributed by atoms with Gasteiger partial charge in [-0.3, -0.25) is 4.79 Å². The molecule has 134 valence electrons. The van der Waals surface area contributed by atoms with E-state index >= 15 is 0 Å². The number of nitrogens with one attached hydrogen (secondary N) is 1. The molecular formula is C18H22FN3O2S. The molecule has 1 amide bonds. The normalized spacial score (nSPS) is 16.6. The van der Waals surface area contributed by atoms with Crippen LogP contribution in [0.1, 0.15) is 29.0 Å². The Morgan fingerprint density at radius 1 is 1.48 bits per heavy atom. The third-order valence-corrected chi connectivity index (χ3v) is 5.53. The van der Waals surface area contributed by atoms with Crippen molar-refractivity contribution < 1.29 is 13.9 Å². The molecule has 0 bridgehead atoms. The Bertz CT molecular complexity index is 744. The van der Waals surface area contributed by atoms with Crippen molar-refractivity contribution in [2.24, 2.45) is 11.7 Å². The summed E-state index contributed by atoms with van der Waals surface area (Å²) in [6, 6.07) is 5.95. The molecule has 1 atom stereocenters. The molecule has 1 aliphatic heterocycles. The van der Waals surface area contributed by atoms with Crippen molar-refractivity contribution >= 4 is 22.4 Å². The summed E-state index contributed by atoms with van der Waals surface area (Å²) in [5, 5.41) is 3.36. The molecule has 1 aromatic carbocycles. The van der Waals surface area contributed by atoms with Gasteiger partial charge in [-0.25, -0.2) is 9.37 Å². The summed E-state index contributed by atoms with van der Waals surface area (Å²) in [5.74, 6) is -0.324. The van der Waals surface area contributed by atoms with Crippen LogP contribution >= 0.6 is 11.3 Å². The number of ether oxygens (including phenoxy) is 1. The average molecular weight is 363 g/mol. The quantitative estimate of drug-likeness (QED) is 0.856. The van der Waals surface area contributed by atoms with Crippen LogP contribution in [0.4, 0.5) is 9.52 Å². The predicted octanol–water partition coefficient (Wildman–Crippen LogP) is 2.87. The number of aryl methyl sites for hydroxylation is 1. The number of rotatable bonds is 5. The average Bonchev–Trinajstić information content (AvgIpc) is 2.94. The first-order valence-corrected chi connectivity index (χ1v) is 9.19. The molecule has 2 heterocycles. The van der Waals surface area contributed by atoms with Gasteiger partial charge in [0.1, 0.15) is 5.82 Å². The Kier molecular flexibility index (Phi) is 5.78. The van der Waals surface area contributed by atoms with Crippen molar-refractivity contribution in [1.82, 2.24) is 4.98 Å². The second kappa shape index (κ2) is 8.03. The van der Waals surface area contributed by atoms with Crippen molar-refractivity contribution in [3.63, 3.8) is 0 Å². The molecule has 0 radical (unpaired) electrons. The molecule has 7 heteroatoms. The highest BCUT2D eigenvalue weighted by atomic mass is 32.1. The van der Waals surface area contributed by atoms with Crippen LogP contribution in [0.15, 0.2) is 24.3 Å². The summed E-state index contributed by atoms with van der Waals surface area (Å²) < 4.78 is 18.6. The molecule has 1 aliphatic rings. The number of aromatic nitrogens is 1. The van der Waals surface area contributed by atoms with Crippen LogP contribution < -0.4 is 11.1 Å². The summed E-state index contributed by atoms with van der Waals surface area (Å²) in [6.45, 7) is 3.19. The van der Waals surface area contributed by atoms with Crippen LogP contribution in [-0.2, 0) is 16.0 Å². The van der Waals surface area contributed by atoms with Gasteiger partial charge >= 0.3 is 0 Å². The molecule has 1 fully saturated rings. The lowest BCUT2D eigenvalue weighted by Crippen LogP contribution is -2.43. The van der Waals surface area contributed by atoms with Gasteiger partial charge in [-0.2, -0.15) is 0 Å². The van der Waals surface area contributed by atoms with E-state index in [0.29, 0.717) is 24.8 Å². The van der Waals surface area contributed by atoms with Gasteiger partial charge in [0.15, 0.2) is 5.13 Å². The highest BCUT2D eigenvalue weighted by molar-refractivity contribution is 7.15. The maximum Gasteiger partial charge on any atom is 0.243 e. The number of anilines is 1. The molecule has 2 aromatic rings. The van der Waals surface area contributed by atoms with Gasteiger partial charge in [0.25, 0.3) is 0 Å². The van der Waals surface area contributed by atoms with Crippen molar-refractivity contribution in [3.8, 4) is 0 Å². The fraction of sp³-hybridized carbons (Fsp3) is 0.444. The van der Waals surface area contributed by atoms with Gasteiger partial charge in [0, 0.05) is 24.5 Å². The van der Waals surface area contributed by atoms with Crippen LogP contribution in [0.25, 0.3) is 0 Å². The molecule has 1 aromatic heterocycles. The number of hydrogen-bond donors (Lipinski definition) is 2. The number of thiazole rings is 1. The standard InChI is InChI=1S/C18H22FN3O2S/c1-11-15(10-12-3-2-4-14(19)9-12)25-18(21-11)22-17(23)16(20)13-5-7-24-8-6-13/h2-4,9,13,16H,5-8,10,20H2,1H3,(H,21,22,23). The smallest absolute Gasteiger partial charge is 0.243 e. The summed E-state index contributed by atoms with van der Waals surface area (Å²) in [4.78, 5) is 17.8. The minimum Gasteiger partial charge on any atom is -0.381 e. The number of benzene rings is 1. The summed E-state index contributed by atoms with van der Waals surface area (Å²) in [5.41, 5.74) is 7.81. The zero-order chi connectivity index (χ0) is 17.8. The zero-order valence-electron chi connectivity index (χ0n) is 14.1. The third kappa shape index (κ3) is 4.62. The zero-order valence-corrected chi connectivity index (χ0v) is 14.9. The second-order valence-corrected chi connectivity index (χ2v) is 7.38. The lowest BCUT2D eigenvalue weighted by atomic mass is 9.92. The van der Waals surface area contributed by atoms with Crippen molar-refractivity contribution in [3.05, 3.63) is 46.2 Å². The number of hydrogen-bond acceptors (Lipinski definition) is 5. The number of nitrogens with zero attached hydrogens (tertiary/aromatic N) is 1. The Balaban J connectivity index is 1.64. The Hall–Kier alpha value is -1.83. The predicted molar refractivity (Wildman–Crippen MR) is 96.2 cm³/mol. The summed E-state index contributed by atoms with van der Waals surface area (Å²) in [6.07, 6.45) is 2.19. The number of carbonyl (C=O) groups excluding carboxylic acids is 1. The second-order valence-electron chi connectivity index (χ2n) is 6.30. The van der Waals surface area contributed by atoms with E-state index in [4.69, 9.17) is 10.5 Å². The molecule has 0 aliphatic carbocycles. The lowest BCUT2D eigenvalue weighted by Gasteiger charge is -2.26. The number of carbonyl (C=O) groups is 1. The summed E-state index contributed by atoms with van der Waals surface area (Å²) >= 11 is 1.41. The molecule has 3 rings (SSSR count). The van der Waals surface area contributed by atoms with Crippen molar-refractivity contribution in [2.75, 3.05) is 18.5 Å². The molecule has 3 N–H and O–H groups in total. The van der Waals surface area contributed by atoms with Gasteiger partial charge in [-0.1, -0.05) is 12.1 Å². The fourth-order valence-corrected chi connectivity index (χ4v) is 3.96. The monoisotopic (exact) mass is 363 g/mol. The highest BCUT2D eigenvalue weighted by Gasteiger charge is 2.27. The Morgan fingerprint density at radius 3 is 2.96 bits per heavy atom. The fourth-order valence-electron chi connectivity index (χ4n) is 2.96. The van der Waals surface area contributed by atoms with E-state index in [-0.39, 0.29) is 17.6 Å². The topological polar surface area (TPSA) is 77.2 Å². The minimum absolute atomic E-state index is 0.140. The van der Waals surface area contributed by atoms with Gasteiger partial charge in [0.05, 0.1) is 11.7 Å². The van der Waals surface area contributed by atoms with Gasteiger partial charge in [-0.15, -0.1) is 11.3 Å². The van der Waals surface area contributed by atoms with E-state index in [0.717, 1.165) is 29.0 Å². The highest BCUT2D eigenvalue weighted by Crippen LogP contribution is 2.26. The first kappa shape index (κ1) is 18.0. The van der Waals surface area contributed by atoms with Crippen LogP contribution in [0, 0.1) is 18.7 Å². The number of halogens is 1. The van der Waals surface area contributed by atoms with E-state index < -0.39 is 6.04 Å². The van der Waals surface area contributed by atoms with Crippen LogP contribution in [0.3, 0.4) is 0 Å². The minimum atomic E-state index is -0.556. The largest absolute Gasteiger partial charge is 0.381 e. The van der Waals surface area contributed by atoms with E-state index in [2.05, 4.69) is 10.3 Å². The molecular weight excluding hydrogens is 341 g/mol. The number of amides is 1. The van der Waals surface area contributed by atoms with Gasteiger partial charge in [0.2, 0.25) is 5.91 Å².